The Labute approximate surface area is 115 Å². The second kappa shape index (κ2) is 5.35. The van der Waals surface area contributed by atoms with Gasteiger partial charge >= 0.3 is 116 Å². The van der Waals surface area contributed by atoms with Gasteiger partial charge in [-0.05, 0) is 0 Å². The van der Waals surface area contributed by atoms with E-state index in [0.29, 0.717) is 34.9 Å². The number of nitrogens with zero attached hydrogens (tertiary/aromatic N) is 1. The number of hydrogen-bond acceptors (Lipinski definition) is 3. The fourth-order valence-corrected chi connectivity index (χ4v) is 3.98. The van der Waals surface area contributed by atoms with Gasteiger partial charge in [-0.1, -0.05) is 0 Å². The second-order valence-corrected chi connectivity index (χ2v) is 7.07. The van der Waals surface area contributed by atoms with Crippen LogP contribution in [-0.4, -0.2) is 75.6 Å². The number of ether oxygens (including phenoxy) is 1. The van der Waals surface area contributed by atoms with Crippen LogP contribution in [0.4, 0.5) is 4.79 Å². The molecule has 0 bridgehead atoms. The Balaban J connectivity index is 2.03. The van der Waals surface area contributed by atoms with Crippen LogP contribution >= 0.6 is 0 Å². The van der Waals surface area contributed by atoms with Gasteiger partial charge in [0.05, 0.1) is 0 Å². The molecule has 2 rings (SSSR count). The van der Waals surface area contributed by atoms with Crippen molar-refractivity contribution in [3.8, 4) is 0 Å². The van der Waals surface area contributed by atoms with Crippen molar-refractivity contribution in [2.24, 2.45) is 0 Å². The number of rotatable bonds is 1. The van der Waals surface area contributed by atoms with Gasteiger partial charge < -0.3 is 0 Å². The predicted molar refractivity (Wildman–Crippen MR) is 69.5 cm³/mol. The van der Waals surface area contributed by atoms with E-state index >= 15 is 0 Å². The molecule has 6 heteroatoms. The summed E-state index contributed by atoms with van der Waals surface area (Å²) in [6.07, 6.45) is 2.70. The summed E-state index contributed by atoms with van der Waals surface area (Å²) in [5.74, 6) is 0.308. The summed E-state index contributed by atoms with van der Waals surface area (Å²) in [4.78, 5) is 25.0. The summed E-state index contributed by atoms with van der Waals surface area (Å²) in [5, 5.41) is 3.91. The monoisotopic (exact) mass is 265 g/mol. The van der Waals surface area contributed by atoms with Crippen LogP contribution in [0.1, 0.15) is 25.7 Å². The van der Waals surface area contributed by atoms with Gasteiger partial charge in [0.1, 0.15) is 0 Å². The number of carbonyl (C=O) groups excluding carboxylic acids is 2. The van der Waals surface area contributed by atoms with Gasteiger partial charge in [-0.15, -0.1) is 0 Å². The molecule has 0 saturated carbocycles. The van der Waals surface area contributed by atoms with Crippen molar-refractivity contribution < 1.29 is 14.3 Å². The summed E-state index contributed by atoms with van der Waals surface area (Å²) < 4.78 is 6.34. The zero-order chi connectivity index (χ0) is 12.5. The Morgan fingerprint density at radius 3 is 2.71 bits per heavy atom. The van der Waals surface area contributed by atoms with Crippen molar-refractivity contribution in [1.82, 2.24) is 4.90 Å². The van der Waals surface area contributed by atoms with Gasteiger partial charge in [-0.3, -0.25) is 0 Å². The predicted octanol–water partition coefficient (Wildman–Crippen LogP) is -0.584. The van der Waals surface area contributed by atoms with Gasteiger partial charge in [0.25, 0.3) is 0 Å². The van der Waals surface area contributed by atoms with E-state index in [9.17, 15) is 9.59 Å². The second-order valence-electron chi connectivity index (χ2n) is 5.00. The van der Waals surface area contributed by atoms with Crippen LogP contribution in [0.5, 0.6) is 0 Å². The molecule has 2 fully saturated rings. The third kappa shape index (κ3) is 3.08. The van der Waals surface area contributed by atoms with Crippen LogP contribution < -0.4 is 0 Å². The molecule has 2 aliphatic heterocycles. The number of hydrogen-bond donors (Lipinski definition) is 0. The Hall–Kier alpha value is 0.0349. The molecule has 1 amide bonds. The van der Waals surface area contributed by atoms with Crippen molar-refractivity contribution in [2.75, 3.05) is 13.1 Å². The maximum absolute atomic E-state index is 11.8. The minimum atomic E-state index is -0.280. The molecule has 2 heterocycles. The van der Waals surface area contributed by atoms with E-state index in [-0.39, 0.29) is 30.1 Å². The summed E-state index contributed by atoms with van der Waals surface area (Å²) in [6.45, 7) is 1.49. The van der Waals surface area contributed by atoms with Crippen molar-refractivity contribution in [2.45, 2.75) is 36.3 Å². The Bertz CT molecular complexity index is 351. The molecule has 0 N–H and O–H groups in total. The van der Waals surface area contributed by atoms with E-state index in [4.69, 9.17) is 4.74 Å². The molecule has 90 valence electrons. The number of likely N-dealkylation sites (tertiary alicyclic amines) is 1. The molecule has 17 heavy (non-hydrogen) atoms. The molecular formula is C11H17Al2NO3. The fourth-order valence-electron chi connectivity index (χ4n) is 2.72. The van der Waals surface area contributed by atoms with Crippen molar-refractivity contribution in [3.05, 3.63) is 0 Å². The van der Waals surface area contributed by atoms with Crippen LogP contribution in [0.2, 0.25) is 0 Å². The third-order valence-corrected chi connectivity index (χ3v) is 5.26. The molecule has 0 aromatic rings. The summed E-state index contributed by atoms with van der Waals surface area (Å²) in [6, 6.07) is 0. The summed E-state index contributed by atoms with van der Waals surface area (Å²) in [7, 11) is 0. The topological polar surface area (TPSA) is 46.6 Å². The molecule has 1 atom stereocenters. The molecule has 1 unspecified atom stereocenters. The molecule has 1 spiro atoms. The van der Waals surface area contributed by atoms with Gasteiger partial charge in [0, 0.05) is 0 Å². The van der Waals surface area contributed by atoms with E-state index in [2.05, 4.69) is 5.39 Å². The third-order valence-electron chi connectivity index (χ3n) is 3.73. The first kappa shape index (κ1) is 13.5. The zero-order valence-corrected chi connectivity index (χ0v) is 13.4. The first-order valence-corrected chi connectivity index (χ1v) is 8.60. The van der Waals surface area contributed by atoms with Gasteiger partial charge in [0.2, 0.25) is 0 Å². The van der Waals surface area contributed by atoms with Gasteiger partial charge in [-0.2, -0.15) is 0 Å². The van der Waals surface area contributed by atoms with Gasteiger partial charge in [0.15, 0.2) is 0 Å². The fraction of sp³-hybridized carbons (Fsp3) is 0.727. The van der Waals surface area contributed by atoms with Crippen molar-refractivity contribution >= 4 is 47.0 Å². The number of Topliss-reactive ketones (excluding diaryl/α,β-unsaturated/α-hetero) is 1. The molecule has 0 radical (unpaired) electrons. The average Bonchev–Trinajstić information content (AvgIpc) is 2.28. The molecule has 4 nitrogen and oxygen atoms in total. The van der Waals surface area contributed by atoms with Crippen LogP contribution in [-0.2, 0) is 9.53 Å². The van der Waals surface area contributed by atoms with E-state index < -0.39 is 0 Å². The molecule has 0 aliphatic carbocycles. The van der Waals surface area contributed by atoms with Crippen LogP contribution in [0.15, 0.2) is 0 Å². The van der Waals surface area contributed by atoms with E-state index in [1.807, 2.05) is 4.90 Å². The Morgan fingerprint density at radius 1 is 1.53 bits per heavy atom. The van der Waals surface area contributed by atoms with Crippen molar-refractivity contribution in [3.63, 3.8) is 0 Å². The summed E-state index contributed by atoms with van der Waals surface area (Å²) >= 11 is 0.519. The normalized spacial score (nSPS) is 27.9. The van der Waals surface area contributed by atoms with E-state index in [0.717, 1.165) is 25.9 Å². The molecule has 2 aliphatic rings. The quantitative estimate of drug-likeness (QED) is 0.596. The molecule has 0 aromatic carbocycles. The number of piperidine rings is 1. The molecule has 0 aromatic heterocycles. The van der Waals surface area contributed by atoms with Crippen molar-refractivity contribution in [1.29, 1.82) is 0 Å². The van der Waals surface area contributed by atoms with Crippen LogP contribution in [0.25, 0.3) is 0 Å². The summed E-state index contributed by atoms with van der Waals surface area (Å²) in [5.41, 5.74) is -0.280. The Morgan fingerprint density at radius 2 is 2.18 bits per heavy atom. The maximum atomic E-state index is 11.8. The first-order valence-electron chi connectivity index (χ1n) is 6.12. The Kier molecular flexibility index (Phi) is 4.24. The SMILES string of the molecule is [CH2]=[Al][CH]1CC(=O)CC2(CCN([C](=O)[AlH2])CC2)O1. The molecular weight excluding hydrogens is 248 g/mol. The van der Waals surface area contributed by atoms with E-state index in [1.54, 1.807) is 0 Å². The van der Waals surface area contributed by atoms with E-state index in [1.165, 1.54) is 0 Å². The average molecular weight is 265 g/mol. The standard InChI is InChI=1S/C10H13NO3.CH2.2Al.2H/c12-8-11-4-2-10(3-5-11)7-9(13)1-6-14-10;;;;;/h6H,1-5,7H2;1H2;;;;. The van der Waals surface area contributed by atoms with Crippen LogP contribution in [0.3, 0.4) is 0 Å². The van der Waals surface area contributed by atoms with Crippen LogP contribution in [0, 0.1) is 0 Å². The molecule has 2 saturated heterocycles. The number of amides is 1. The number of ketones is 1. The zero-order valence-electron chi connectivity index (χ0n) is 10.3. The first-order chi connectivity index (χ1) is 8.04. The van der Waals surface area contributed by atoms with Gasteiger partial charge in [-0.25, -0.2) is 0 Å². The number of carbonyl (C=O) groups is 2. The minimum absolute atomic E-state index is 0.0582.